The van der Waals surface area contributed by atoms with Crippen LogP contribution in [0, 0.1) is 5.92 Å². The first kappa shape index (κ1) is 20.2. The maximum absolute atomic E-state index is 12.5. The second-order valence-corrected chi connectivity index (χ2v) is 9.47. The smallest absolute Gasteiger partial charge is 0.163 e. The Morgan fingerprint density at radius 3 is 1.92 bits per heavy atom. The zero-order valence-electron chi connectivity index (χ0n) is 15.9. The minimum absolute atomic E-state index is 0.110. The maximum atomic E-state index is 12.5. The Kier molecular flexibility index (Phi) is 7.04. The molecule has 0 N–H and O–H groups in total. The van der Waals surface area contributed by atoms with Crippen LogP contribution in [-0.4, -0.2) is 20.5 Å². The summed E-state index contributed by atoms with van der Waals surface area (Å²) in [5, 5.41) is 0. The van der Waals surface area contributed by atoms with Gasteiger partial charge in [0.2, 0.25) is 0 Å². The van der Waals surface area contributed by atoms with Crippen molar-refractivity contribution >= 4 is 22.5 Å². The Balaban J connectivity index is 2.17. The van der Waals surface area contributed by atoms with Gasteiger partial charge < -0.3 is 0 Å². The monoisotopic (exact) mass is 369 g/mol. The molecule has 0 amide bonds. The number of nitrogens with zero attached hydrogens (tertiary/aromatic N) is 1. The van der Waals surface area contributed by atoms with Crippen molar-refractivity contribution in [2.24, 2.45) is 10.3 Å². The molecule has 0 heterocycles. The SMILES string of the molecule is C[C@@H](CC(=O)c1ccccc1)C/C(=N/S(=O)C(C)(C)C)c1ccccc1. The van der Waals surface area contributed by atoms with Crippen LogP contribution in [0.2, 0.25) is 0 Å². The van der Waals surface area contributed by atoms with Crippen LogP contribution in [-0.2, 0) is 11.0 Å². The molecule has 0 saturated heterocycles. The van der Waals surface area contributed by atoms with E-state index in [0.29, 0.717) is 12.8 Å². The van der Waals surface area contributed by atoms with E-state index in [-0.39, 0.29) is 11.7 Å². The molecule has 0 fully saturated rings. The highest BCUT2D eigenvalue weighted by Crippen LogP contribution is 2.20. The summed E-state index contributed by atoms with van der Waals surface area (Å²) < 4.78 is 16.6. The Morgan fingerprint density at radius 1 is 0.923 bits per heavy atom. The topological polar surface area (TPSA) is 46.5 Å². The van der Waals surface area contributed by atoms with E-state index in [9.17, 15) is 9.00 Å². The van der Waals surface area contributed by atoms with Crippen LogP contribution in [0.5, 0.6) is 0 Å². The Hall–Kier alpha value is -2.07. The van der Waals surface area contributed by atoms with Gasteiger partial charge in [-0.05, 0) is 38.7 Å². The second kappa shape index (κ2) is 9.04. The molecule has 2 rings (SSSR count). The molecule has 1 unspecified atom stereocenters. The minimum Gasteiger partial charge on any atom is -0.294 e. The van der Waals surface area contributed by atoms with Crippen molar-refractivity contribution in [2.75, 3.05) is 0 Å². The quantitative estimate of drug-likeness (QED) is 0.495. The van der Waals surface area contributed by atoms with Crippen LogP contribution >= 0.6 is 0 Å². The Labute approximate surface area is 159 Å². The van der Waals surface area contributed by atoms with Crippen molar-refractivity contribution in [3.8, 4) is 0 Å². The van der Waals surface area contributed by atoms with Gasteiger partial charge in [0.1, 0.15) is 11.0 Å². The first-order valence-electron chi connectivity index (χ1n) is 8.90. The lowest BCUT2D eigenvalue weighted by atomic mass is 9.93. The molecule has 2 atom stereocenters. The van der Waals surface area contributed by atoms with Crippen LogP contribution in [0.25, 0.3) is 0 Å². The van der Waals surface area contributed by atoms with Gasteiger partial charge in [0.05, 0.1) is 10.5 Å². The number of carbonyl (C=O) groups is 1. The van der Waals surface area contributed by atoms with Crippen LogP contribution in [0.3, 0.4) is 0 Å². The van der Waals surface area contributed by atoms with E-state index in [1.165, 1.54) is 0 Å². The molecule has 0 bridgehead atoms. The number of rotatable bonds is 7. The van der Waals surface area contributed by atoms with E-state index in [1.807, 2.05) is 88.4 Å². The summed E-state index contributed by atoms with van der Waals surface area (Å²) in [6, 6.07) is 19.1. The average molecular weight is 370 g/mol. The minimum atomic E-state index is -1.33. The summed E-state index contributed by atoms with van der Waals surface area (Å²) in [5.74, 6) is 0.237. The van der Waals surface area contributed by atoms with Gasteiger partial charge in [-0.15, -0.1) is 0 Å². The number of ketones is 1. The molecule has 2 aromatic rings. The van der Waals surface area contributed by atoms with E-state index in [2.05, 4.69) is 4.40 Å². The summed E-state index contributed by atoms with van der Waals surface area (Å²) in [6.45, 7) is 7.78. The van der Waals surface area contributed by atoms with Crippen LogP contribution in [0.1, 0.15) is 56.5 Å². The summed E-state index contributed by atoms with van der Waals surface area (Å²) in [7, 11) is -1.33. The number of carbonyl (C=O) groups excluding carboxylic acids is 1. The van der Waals surface area contributed by atoms with Crippen molar-refractivity contribution in [1.82, 2.24) is 0 Å². The fourth-order valence-corrected chi connectivity index (χ4v) is 3.19. The highest BCUT2D eigenvalue weighted by Gasteiger charge is 2.21. The number of Topliss-reactive ketones (excluding diaryl/α,β-unsaturated/α-hetero) is 1. The lowest BCUT2D eigenvalue weighted by Crippen LogP contribution is -2.22. The zero-order chi connectivity index (χ0) is 19.2. The number of hydrogen-bond donors (Lipinski definition) is 0. The standard InChI is InChI=1S/C22H27NO2S/c1-17(16-21(24)19-13-9-6-10-14-19)15-20(18-11-7-5-8-12-18)23-26(25)22(2,3)4/h5-14,17H,15-16H2,1-4H3/b23-20-/t17-,26?/m1/s1. The molecule has 0 radical (unpaired) electrons. The summed E-state index contributed by atoms with van der Waals surface area (Å²) in [6.07, 6.45) is 1.06. The van der Waals surface area contributed by atoms with Gasteiger partial charge in [-0.1, -0.05) is 67.6 Å². The van der Waals surface area contributed by atoms with E-state index in [1.54, 1.807) is 0 Å². The van der Waals surface area contributed by atoms with Gasteiger partial charge >= 0.3 is 0 Å². The molecule has 2 aromatic carbocycles. The number of benzene rings is 2. The fourth-order valence-electron chi connectivity index (χ4n) is 2.54. The zero-order valence-corrected chi connectivity index (χ0v) is 16.8. The van der Waals surface area contributed by atoms with Gasteiger partial charge in [-0.2, -0.15) is 4.40 Å². The largest absolute Gasteiger partial charge is 0.294 e. The molecule has 0 aliphatic rings. The molecule has 0 aromatic heterocycles. The molecule has 4 heteroatoms. The predicted molar refractivity (Wildman–Crippen MR) is 110 cm³/mol. The highest BCUT2D eigenvalue weighted by atomic mass is 32.2. The highest BCUT2D eigenvalue weighted by molar-refractivity contribution is 7.85. The molecule has 0 aliphatic carbocycles. The first-order chi connectivity index (χ1) is 12.3. The second-order valence-electron chi connectivity index (χ2n) is 7.57. The third-order valence-electron chi connectivity index (χ3n) is 4.00. The third kappa shape index (κ3) is 6.03. The normalized spacial score (nSPS) is 14.7. The van der Waals surface area contributed by atoms with Gasteiger partial charge in [-0.3, -0.25) is 4.79 Å². The van der Waals surface area contributed by atoms with E-state index in [4.69, 9.17) is 0 Å². The summed E-state index contributed by atoms with van der Waals surface area (Å²) in [5.41, 5.74) is 2.49. The maximum Gasteiger partial charge on any atom is 0.163 e. The molecule has 26 heavy (non-hydrogen) atoms. The van der Waals surface area contributed by atoms with E-state index >= 15 is 0 Å². The van der Waals surface area contributed by atoms with Crippen molar-refractivity contribution in [1.29, 1.82) is 0 Å². The Morgan fingerprint density at radius 2 is 1.42 bits per heavy atom. The molecular weight excluding hydrogens is 342 g/mol. The molecule has 0 aliphatic heterocycles. The van der Waals surface area contributed by atoms with Crippen molar-refractivity contribution in [3.05, 3.63) is 71.8 Å². The van der Waals surface area contributed by atoms with Crippen LogP contribution in [0.4, 0.5) is 0 Å². The third-order valence-corrected chi connectivity index (χ3v) is 5.43. The predicted octanol–water partition coefficient (Wildman–Crippen LogP) is 5.24. The average Bonchev–Trinajstić information content (AvgIpc) is 2.61. The van der Waals surface area contributed by atoms with Gasteiger partial charge in [0, 0.05) is 12.0 Å². The van der Waals surface area contributed by atoms with E-state index < -0.39 is 15.7 Å². The van der Waals surface area contributed by atoms with Crippen molar-refractivity contribution in [2.45, 2.75) is 45.3 Å². The van der Waals surface area contributed by atoms with Gasteiger partial charge in [-0.25, -0.2) is 4.21 Å². The van der Waals surface area contributed by atoms with Gasteiger partial charge in [0.15, 0.2) is 5.78 Å². The van der Waals surface area contributed by atoms with Gasteiger partial charge in [0.25, 0.3) is 0 Å². The molecular formula is C22H27NO2S. The van der Waals surface area contributed by atoms with E-state index in [0.717, 1.165) is 16.8 Å². The van der Waals surface area contributed by atoms with Crippen LogP contribution < -0.4 is 0 Å². The molecule has 0 saturated carbocycles. The van der Waals surface area contributed by atoms with Crippen molar-refractivity contribution in [3.63, 3.8) is 0 Å². The lowest BCUT2D eigenvalue weighted by molar-refractivity contribution is 0.0966. The van der Waals surface area contributed by atoms with Crippen molar-refractivity contribution < 1.29 is 9.00 Å². The molecule has 138 valence electrons. The fraction of sp³-hybridized carbons (Fsp3) is 0.364. The lowest BCUT2D eigenvalue weighted by Gasteiger charge is -2.17. The van der Waals surface area contributed by atoms with Crippen LogP contribution in [0.15, 0.2) is 65.1 Å². The number of hydrogen-bond acceptors (Lipinski definition) is 2. The Bertz CT molecular complexity index is 777. The molecule has 3 nitrogen and oxygen atoms in total. The first-order valence-corrected chi connectivity index (χ1v) is 10.0. The molecule has 0 spiro atoms. The summed E-state index contributed by atoms with van der Waals surface area (Å²) >= 11 is 0. The summed E-state index contributed by atoms with van der Waals surface area (Å²) in [4.78, 5) is 12.5.